The molecular weight excluding hydrogens is 427 g/mol. The lowest BCUT2D eigenvalue weighted by atomic mass is 9.78. The van der Waals surface area contributed by atoms with E-state index >= 15 is 0 Å². The fourth-order valence-electron chi connectivity index (χ4n) is 5.03. The summed E-state index contributed by atoms with van der Waals surface area (Å²) in [6.45, 7) is 6.43. The van der Waals surface area contributed by atoms with E-state index in [0.717, 1.165) is 35.0 Å². The number of carbonyl (C=O) groups excluding carboxylic acids is 1. The van der Waals surface area contributed by atoms with Crippen LogP contribution in [0, 0.1) is 24.6 Å². The Hall–Kier alpha value is -3.54. The van der Waals surface area contributed by atoms with Gasteiger partial charge < -0.3 is 5.32 Å². The second-order valence-electron chi connectivity index (χ2n) is 9.48. The quantitative estimate of drug-likeness (QED) is 0.404. The highest BCUT2D eigenvalue weighted by Crippen LogP contribution is 2.33. The van der Waals surface area contributed by atoms with Crippen LogP contribution < -0.4 is 5.32 Å². The van der Waals surface area contributed by atoms with E-state index in [-0.39, 0.29) is 17.8 Å². The minimum Gasteiger partial charge on any atom is -0.348 e. The molecule has 2 aromatic heterocycles. The van der Waals surface area contributed by atoms with Crippen molar-refractivity contribution in [3.63, 3.8) is 0 Å². The molecule has 0 unspecified atom stereocenters. The molecule has 34 heavy (non-hydrogen) atoms. The molecule has 0 spiro atoms. The van der Waals surface area contributed by atoms with Crippen molar-refractivity contribution in [2.75, 3.05) is 0 Å². The number of rotatable bonds is 4. The van der Waals surface area contributed by atoms with Gasteiger partial charge in [0.2, 0.25) is 0 Å². The Morgan fingerprint density at radius 3 is 2.62 bits per heavy atom. The van der Waals surface area contributed by atoms with E-state index in [1.165, 1.54) is 18.6 Å². The Morgan fingerprint density at radius 1 is 1.06 bits per heavy atom. The first-order chi connectivity index (χ1) is 16.4. The van der Waals surface area contributed by atoms with E-state index in [0.29, 0.717) is 28.9 Å². The van der Waals surface area contributed by atoms with Gasteiger partial charge in [0.05, 0.1) is 11.1 Å². The molecule has 3 atom stereocenters. The number of benzene rings is 2. The molecule has 0 aliphatic heterocycles. The number of nitrogens with one attached hydrogen (secondary N) is 1. The zero-order valence-electron chi connectivity index (χ0n) is 19.8. The number of hydrogen-bond acceptors (Lipinski definition) is 3. The molecule has 1 saturated carbocycles. The van der Waals surface area contributed by atoms with Crippen LogP contribution in [0.25, 0.3) is 28.0 Å². The number of nitrogens with zero attached hydrogens (tertiary/aromatic N) is 3. The summed E-state index contributed by atoms with van der Waals surface area (Å²) in [7, 11) is 0. The number of aryl methyl sites for hydroxylation is 1. The normalized spacial score (nSPS) is 20.4. The third-order valence-corrected chi connectivity index (χ3v) is 7.19. The second-order valence-corrected chi connectivity index (χ2v) is 9.48. The topological polar surface area (TPSA) is 59.8 Å². The van der Waals surface area contributed by atoms with Gasteiger partial charge in [-0.25, -0.2) is 14.1 Å². The van der Waals surface area contributed by atoms with E-state index in [1.807, 2.05) is 43.3 Å². The lowest BCUT2D eigenvalue weighted by molar-refractivity contribution is 0.0886. The molecule has 1 N–H and O–H groups in total. The van der Waals surface area contributed by atoms with E-state index < -0.39 is 0 Å². The molecular formula is C28H29FN4O. The van der Waals surface area contributed by atoms with Crippen LogP contribution in [-0.2, 0) is 0 Å². The average molecular weight is 457 g/mol. The van der Waals surface area contributed by atoms with Gasteiger partial charge >= 0.3 is 0 Å². The predicted molar refractivity (Wildman–Crippen MR) is 132 cm³/mol. The lowest BCUT2D eigenvalue weighted by Crippen LogP contribution is -2.44. The van der Waals surface area contributed by atoms with E-state index in [2.05, 4.69) is 19.2 Å². The Labute approximate surface area is 199 Å². The summed E-state index contributed by atoms with van der Waals surface area (Å²) in [6, 6.07) is 18.1. The molecule has 6 heteroatoms. The molecule has 1 aliphatic carbocycles. The monoisotopic (exact) mass is 456 g/mol. The van der Waals surface area contributed by atoms with Gasteiger partial charge in [-0.15, -0.1) is 0 Å². The van der Waals surface area contributed by atoms with Gasteiger partial charge in [-0.2, -0.15) is 5.10 Å². The number of halogens is 1. The SMILES string of the molecule is Cc1cc(C(=O)N[C@@H]2CCC[C@H](C)[C@@H]2C)nc2c1c(-c1ccccc1)nn2-c1cccc(F)c1. The number of hydrogen-bond donors (Lipinski definition) is 1. The number of fused-ring (bicyclic) bond motifs is 1. The van der Waals surface area contributed by atoms with Crippen LogP contribution in [0.1, 0.15) is 49.2 Å². The van der Waals surface area contributed by atoms with Crippen LogP contribution in [-0.4, -0.2) is 26.7 Å². The van der Waals surface area contributed by atoms with Crippen LogP contribution in [0.4, 0.5) is 4.39 Å². The number of pyridine rings is 1. The Balaban J connectivity index is 1.62. The highest BCUT2D eigenvalue weighted by molar-refractivity contribution is 5.99. The van der Waals surface area contributed by atoms with Gasteiger partial charge in [-0.3, -0.25) is 4.79 Å². The summed E-state index contributed by atoms with van der Waals surface area (Å²) in [4.78, 5) is 18.0. The largest absolute Gasteiger partial charge is 0.348 e. The van der Waals surface area contributed by atoms with Gasteiger partial charge in [0.25, 0.3) is 5.91 Å². The maximum atomic E-state index is 14.1. The average Bonchev–Trinajstić information content (AvgIpc) is 3.23. The first-order valence-electron chi connectivity index (χ1n) is 11.9. The molecule has 5 rings (SSSR count). The van der Waals surface area contributed by atoms with Crippen molar-refractivity contribution >= 4 is 16.9 Å². The maximum absolute atomic E-state index is 14.1. The highest BCUT2D eigenvalue weighted by Gasteiger charge is 2.29. The van der Waals surface area contributed by atoms with E-state index in [1.54, 1.807) is 16.8 Å². The van der Waals surface area contributed by atoms with Crippen molar-refractivity contribution in [2.45, 2.75) is 46.1 Å². The van der Waals surface area contributed by atoms with Gasteiger partial charge in [0.15, 0.2) is 5.65 Å². The number of carbonyl (C=O) groups is 1. The molecule has 1 aliphatic rings. The molecule has 0 radical (unpaired) electrons. The van der Waals surface area contributed by atoms with Crippen LogP contribution >= 0.6 is 0 Å². The zero-order valence-corrected chi connectivity index (χ0v) is 19.8. The molecule has 5 nitrogen and oxygen atoms in total. The van der Waals surface area contributed by atoms with Crippen molar-refractivity contribution < 1.29 is 9.18 Å². The Bertz CT molecular complexity index is 1350. The van der Waals surface area contributed by atoms with Crippen LogP contribution in [0.5, 0.6) is 0 Å². The minimum atomic E-state index is -0.353. The smallest absolute Gasteiger partial charge is 0.270 e. The van der Waals surface area contributed by atoms with Crippen molar-refractivity contribution in [3.05, 3.63) is 77.7 Å². The molecule has 0 saturated heterocycles. The standard InChI is InChI=1S/C28H29FN4O/c1-17-9-7-14-23(19(17)3)31-28(34)24-15-18(2)25-26(20-10-5-4-6-11-20)32-33(27(25)30-24)22-13-8-12-21(29)16-22/h4-6,8,10-13,15-17,19,23H,7,9,14H2,1-3H3,(H,31,34)/t17-,19-,23+/m0/s1. The first-order valence-corrected chi connectivity index (χ1v) is 11.9. The van der Waals surface area contributed by atoms with Gasteiger partial charge in [0, 0.05) is 11.6 Å². The molecule has 2 heterocycles. The van der Waals surface area contributed by atoms with Gasteiger partial charge in [0.1, 0.15) is 17.2 Å². The fourth-order valence-corrected chi connectivity index (χ4v) is 5.03. The van der Waals surface area contributed by atoms with Crippen molar-refractivity contribution in [1.82, 2.24) is 20.1 Å². The lowest BCUT2D eigenvalue weighted by Gasteiger charge is -2.34. The van der Waals surface area contributed by atoms with Gasteiger partial charge in [-0.1, -0.05) is 63.1 Å². The molecule has 4 aromatic rings. The number of aromatic nitrogens is 3. The summed E-state index contributed by atoms with van der Waals surface area (Å²) in [6.07, 6.45) is 3.30. The predicted octanol–water partition coefficient (Wildman–Crippen LogP) is 6.09. The van der Waals surface area contributed by atoms with Crippen LogP contribution in [0.2, 0.25) is 0 Å². The maximum Gasteiger partial charge on any atom is 0.270 e. The Morgan fingerprint density at radius 2 is 1.85 bits per heavy atom. The summed E-state index contributed by atoms with van der Waals surface area (Å²) in [5, 5.41) is 8.90. The van der Waals surface area contributed by atoms with Crippen molar-refractivity contribution in [1.29, 1.82) is 0 Å². The first kappa shape index (κ1) is 22.3. The van der Waals surface area contributed by atoms with Crippen LogP contribution in [0.3, 0.4) is 0 Å². The summed E-state index contributed by atoms with van der Waals surface area (Å²) >= 11 is 0. The van der Waals surface area contributed by atoms with Gasteiger partial charge in [-0.05, 0) is 55.0 Å². The molecule has 0 bridgehead atoms. The summed E-state index contributed by atoms with van der Waals surface area (Å²) in [5.41, 5.74) is 4.06. The summed E-state index contributed by atoms with van der Waals surface area (Å²) < 4.78 is 15.7. The molecule has 1 fully saturated rings. The fraction of sp³-hybridized carbons (Fsp3) is 0.321. The molecule has 1 amide bonds. The van der Waals surface area contributed by atoms with E-state index in [4.69, 9.17) is 10.1 Å². The zero-order chi connectivity index (χ0) is 23.8. The van der Waals surface area contributed by atoms with Crippen molar-refractivity contribution in [2.24, 2.45) is 11.8 Å². The second kappa shape index (κ2) is 9.01. The van der Waals surface area contributed by atoms with Crippen molar-refractivity contribution in [3.8, 4) is 16.9 Å². The third kappa shape index (κ3) is 4.09. The van der Waals surface area contributed by atoms with Crippen LogP contribution in [0.15, 0.2) is 60.7 Å². The summed E-state index contributed by atoms with van der Waals surface area (Å²) in [5.74, 6) is 0.474. The molecule has 2 aromatic carbocycles. The Kier molecular flexibility index (Phi) is 5.90. The highest BCUT2D eigenvalue weighted by atomic mass is 19.1. The minimum absolute atomic E-state index is 0.141. The van der Waals surface area contributed by atoms with E-state index in [9.17, 15) is 9.18 Å². The third-order valence-electron chi connectivity index (χ3n) is 7.19. The molecule has 174 valence electrons. The number of amides is 1.